The summed E-state index contributed by atoms with van der Waals surface area (Å²) in [5, 5.41) is 15.2. The molecule has 110 valence electrons. The third-order valence-corrected chi connectivity index (χ3v) is 3.68. The van der Waals surface area contributed by atoms with Crippen molar-refractivity contribution in [3.05, 3.63) is 64.2 Å². The molecular weight excluding hydrogens is 262 g/mol. The summed E-state index contributed by atoms with van der Waals surface area (Å²) in [5.74, 6) is 0.132. The van der Waals surface area contributed by atoms with E-state index in [1.807, 2.05) is 25.1 Å². The van der Waals surface area contributed by atoms with Crippen LogP contribution in [0.3, 0.4) is 0 Å². The van der Waals surface area contributed by atoms with E-state index in [-0.39, 0.29) is 5.84 Å². The molecule has 0 amide bonds. The molecule has 0 bridgehead atoms. The summed E-state index contributed by atoms with van der Waals surface area (Å²) in [7, 11) is 0. The number of hydrogen-bond acceptors (Lipinski definition) is 3. The molecule has 4 N–H and O–H groups in total. The van der Waals surface area contributed by atoms with Gasteiger partial charge in [0.05, 0.1) is 0 Å². The van der Waals surface area contributed by atoms with Crippen LogP contribution in [0.25, 0.3) is 0 Å². The summed E-state index contributed by atoms with van der Waals surface area (Å²) in [6.07, 6.45) is 0. The summed E-state index contributed by atoms with van der Waals surface area (Å²) < 4.78 is 0. The highest BCUT2D eigenvalue weighted by molar-refractivity contribution is 5.97. The van der Waals surface area contributed by atoms with Crippen LogP contribution in [0.4, 0.5) is 5.69 Å². The lowest BCUT2D eigenvalue weighted by atomic mass is 10.0. The maximum atomic E-state index is 8.71. The van der Waals surface area contributed by atoms with Crippen molar-refractivity contribution in [1.29, 1.82) is 0 Å². The first kappa shape index (κ1) is 14.9. The van der Waals surface area contributed by atoms with Gasteiger partial charge >= 0.3 is 0 Å². The predicted octanol–water partition coefficient (Wildman–Crippen LogP) is 3.32. The number of nitrogens with two attached hydrogens (primary N) is 1. The Morgan fingerprint density at radius 3 is 2.33 bits per heavy atom. The van der Waals surface area contributed by atoms with Gasteiger partial charge in [0, 0.05) is 17.8 Å². The molecule has 0 saturated heterocycles. The largest absolute Gasteiger partial charge is 0.409 e. The van der Waals surface area contributed by atoms with Gasteiger partial charge in [0.15, 0.2) is 5.84 Å². The highest BCUT2D eigenvalue weighted by Crippen LogP contribution is 2.21. The van der Waals surface area contributed by atoms with Gasteiger partial charge < -0.3 is 16.3 Å². The number of hydrogen-bond donors (Lipinski definition) is 3. The van der Waals surface area contributed by atoms with Gasteiger partial charge in [-0.25, -0.2) is 0 Å². The van der Waals surface area contributed by atoms with Crippen molar-refractivity contribution in [2.45, 2.75) is 27.3 Å². The molecule has 2 aromatic carbocycles. The van der Waals surface area contributed by atoms with E-state index in [4.69, 9.17) is 10.9 Å². The molecule has 0 atom stereocenters. The van der Waals surface area contributed by atoms with Gasteiger partial charge in [-0.1, -0.05) is 35.5 Å². The van der Waals surface area contributed by atoms with E-state index < -0.39 is 0 Å². The average Bonchev–Trinajstić information content (AvgIpc) is 2.47. The van der Waals surface area contributed by atoms with Gasteiger partial charge in [-0.05, 0) is 49.1 Å². The number of benzene rings is 2. The smallest absolute Gasteiger partial charge is 0.170 e. The zero-order valence-corrected chi connectivity index (χ0v) is 12.6. The summed E-state index contributed by atoms with van der Waals surface area (Å²) in [6.45, 7) is 6.97. The van der Waals surface area contributed by atoms with Crippen LogP contribution in [-0.2, 0) is 6.54 Å². The van der Waals surface area contributed by atoms with Gasteiger partial charge in [-0.15, -0.1) is 0 Å². The molecule has 2 aromatic rings. The van der Waals surface area contributed by atoms with Crippen molar-refractivity contribution in [3.8, 4) is 0 Å². The lowest BCUT2D eigenvalue weighted by molar-refractivity contribution is 0.318. The maximum absolute atomic E-state index is 8.71. The van der Waals surface area contributed by atoms with Crippen LogP contribution in [-0.4, -0.2) is 11.0 Å². The molecule has 0 radical (unpaired) electrons. The number of nitrogens with zero attached hydrogens (tertiary/aromatic N) is 1. The zero-order chi connectivity index (χ0) is 15.4. The minimum Gasteiger partial charge on any atom is -0.409 e. The van der Waals surface area contributed by atoms with E-state index in [1.165, 1.54) is 22.4 Å². The molecule has 0 unspecified atom stereocenters. The number of aryl methyl sites for hydroxylation is 3. The first-order valence-corrected chi connectivity index (χ1v) is 6.90. The van der Waals surface area contributed by atoms with Crippen molar-refractivity contribution in [2.75, 3.05) is 5.32 Å². The fraction of sp³-hybridized carbons (Fsp3) is 0.235. The fourth-order valence-electron chi connectivity index (χ4n) is 2.39. The topological polar surface area (TPSA) is 70.6 Å². The Hall–Kier alpha value is -2.49. The Kier molecular flexibility index (Phi) is 4.48. The fourth-order valence-corrected chi connectivity index (χ4v) is 2.39. The van der Waals surface area contributed by atoms with E-state index in [2.05, 4.69) is 42.5 Å². The first-order chi connectivity index (χ1) is 10.0. The molecule has 0 aromatic heterocycles. The van der Waals surface area contributed by atoms with Crippen molar-refractivity contribution < 1.29 is 5.21 Å². The third kappa shape index (κ3) is 3.34. The third-order valence-electron chi connectivity index (χ3n) is 3.68. The maximum Gasteiger partial charge on any atom is 0.170 e. The number of rotatable bonds is 4. The van der Waals surface area contributed by atoms with Crippen LogP contribution in [0.15, 0.2) is 41.6 Å². The summed E-state index contributed by atoms with van der Waals surface area (Å²) in [6, 6.07) is 12.1. The van der Waals surface area contributed by atoms with E-state index in [0.717, 1.165) is 17.7 Å². The van der Waals surface area contributed by atoms with Crippen LogP contribution < -0.4 is 11.1 Å². The predicted molar refractivity (Wildman–Crippen MR) is 86.9 cm³/mol. The first-order valence-electron chi connectivity index (χ1n) is 6.90. The standard InChI is InChI=1S/C17H21N3O/c1-11-5-4-6-12(2)16(11)19-10-15-8-7-14(9-13(15)3)17(18)20-21/h4-9,19,21H,10H2,1-3H3,(H2,18,20). The van der Waals surface area contributed by atoms with Gasteiger partial charge in [-0.3, -0.25) is 0 Å². The Morgan fingerprint density at radius 1 is 1.10 bits per heavy atom. The molecule has 0 aliphatic carbocycles. The Morgan fingerprint density at radius 2 is 1.76 bits per heavy atom. The number of nitrogens with one attached hydrogen (secondary N) is 1. The van der Waals surface area contributed by atoms with Crippen LogP contribution in [0.5, 0.6) is 0 Å². The van der Waals surface area contributed by atoms with Gasteiger partial charge in [0.25, 0.3) is 0 Å². The van der Waals surface area contributed by atoms with Crippen molar-refractivity contribution in [1.82, 2.24) is 0 Å². The van der Waals surface area contributed by atoms with E-state index >= 15 is 0 Å². The molecule has 4 heteroatoms. The zero-order valence-electron chi connectivity index (χ0n) is 12.6. The van der Waals surface area contributed by atoms with Crippen LogP contribution in [0.2, 0.25) is 0 Å². The van der Waals surface area contributed by atoms with Crippen LogP contribution >= 0.6 is 0 Å². The Labute approximate surface area is 125 Å². The SMILES string of the molecule is Cc1cc(/C(N)=N/O)ccc1CNc1c(C)cccc1C. The molecule has 0 fully saturated rings. The number of oxime groups is 1. The minimum atomic E-state index is 0.132. The van der Waals surface area contributed by atoms with E-state index in [0.29, 0.717) is 0 Å². The highest BCUT2D eigenvalue weighted by Gasteiger charge is 2.05. The van der Waals surface area contributed by atoms with Crippen LogP contribution in [0, 0.1) is 20.8 Å². The second-order valence-electron chi connectivity index (χ2n) is 5.25. The summed E-state index contributed by atoms with van der Waals surface area (Å²) in [4.78, 5) is 0. The molecule has 2 rings (SSSR count). The van der Waals surface area contributed by atoms with Crippen LogP contribution in [0.1, 0.15) is 27.8 Å². The van der Waals surface area contributed by atoms with E-state index in [9.17, 15) is 0 Å². The summed E-state index contributed by atoms with van der Waals surface area (Å²) in [5.41, 5.74) is 12.3. The van der Waals surface area contributed by atoms with Crippen molar-refractivity contribution in [3.63, 3.8) is 0 Å². The highest BCUT2D eigenvalue weighted by atomic mass is 16.4. The monoisotopic (exact) mass is 283 g/mol. The molecule has 0 spiro atoms. The molecule has 0 aliphatic rings. The molecule has 0 aliphatic heterocycles. The van der Waals surface area contributed by atoms with Gasteiger partial charge in [-0.2, -0.15) is 0 Å². The number of anilines is 1. The van der Waals surface area contributed by atoms with Gasteiger partial charge in [0.1, 0.15) is 0 Å². The lowest BCUT2D eigenvalue weighted by Gasteiger charge is -2.14. The molecule has 0 saturated carbocycles. The minimum absolute atomic E-state index is 0.132. The quantitative estimate of drug-likeness (QED) is 0.349. The lowest BCUT2D eigenvalue weighted by Crippen LogP contribution is -2.13. The second-order valence-corrected chi connectivity index (χ2v) is 5.25. The molecule has 0 heterocycles. The normalized spacial score (nSPS) is 11.5. The van der Waals surface area contributed by atoms with Crippen molar-refractivity contribution in [2.24, 2.45) is 10.9 Å². The number of para-hydroxylation sites is 1. The van der Waals surface area contributed by atoms with E-state index in [1.54, 1.807) is 0 Å². The number of amidine groups is 1. The second kappa shape index (κ2) is 6.31. The Balaban J connectivity index is 2.18. The average molecular weight is 283 g/mol. The summed E-state index contributed by atoms with van der Waals surface area (Å²) >= 11 is 0. The molecule has 4 nitrogen and oxygen atoms in total. The van der Waals surface area contributed by atoms with Gasteiger partial charge in [0.2, 0.25) is 0 Å². The molecule has 21 heavy (non-hydrogen) atoms. The van der Waals surface area contributed by atoms with Crippen molar-refractivity contribution >= 4 is 11.5 Å². The Bertz CT molecular complexity index is 657. The molecular formula is C17H21N3O.